The molecule has 0 atom stereocenters. The first-order valence-electron chi connectivity index (χ1n) is 7.93. The molecule has 1 saturated carbocycles. The van der Waals surface area contributed by atoms with Crippen LogP contribution in [0.5, 0.6) is 0 Å². The number of rotatable bonds is 2. The predicted molar refractivity (Wildman–Crippen MR) is 79.0 cm³/mol. The van der Waals surface area contributed by atoms with Gasteiger partial charge in [0.05, 0.1) is 0 Å². The van der Waals surface area contributed by atoms with Crippen LogP contribution in [0.1, 0.15) is 59.3 Å². The van der Waals surface area contributed by atoms with Gasteiger partial charge in [-0.25, -0.2) is 0 Å². The Morgan fingerprint density at radius 3 is 2.21 bits per heavy atom. The average Bonchev–Trinajstić information content (AvgIpc) is 2.38. The standard InChI is InChI=1S/C16H30N2O/c1-15(2,3)13-16(7-5-4-6-8-16)14(19)18-11-9-17-10-12-18/h17H,4-13H2,1-3H3. The highest BCUT2D eigenvalue weighted by atomic mass is 16.2. The lowest BCUT2D eigenvalue weighted by Gasteiger charge is -2.44. The second kappa shape index (κ2) is 5.82. The molecule has 0 bridgehead atoms. The van der Waals surface area contributed by atoms with Gasteiger partial charge < -0.3 is 10.2 Å². The smallest absolute Gasteiger partial charge is 0.228 e. The number of nitrogens with one attached hydrogen (secondary N) is 1. The Bertz CT molecular complexity index is 307. The third kappa shape index (κ3) is 3.71. The van der Waals surface area contributed by atoms with E-state index in [2.05, 4.69) is 31.0 Å². The SMILES string of the molecule is CC(C)(C)CC1(C(=O)N2CCNCC2)CCCCC1. The van der Waals surface area contributed by atoms with E-state index in [1.165, 1.54) is 19.3 Å². The van der Waals surface area contributed by atoms with Crippen molar-refractivity contribution in [2.75, 3.05) is 26.2 Å². The minimum atomic E-state index is -0.0617. The number of carbonyl (C=O) groups is 1. The number of nitrogens with zero attached hydrogens (tertiary/aromatic N) is 1. The van der Waals surface area contributed by atoms with Crippen LogP contribution in [0.15, 0.2) is 0 Å². The molecule has 1 saturated heterocycles. The normalized spacial score (nSPS) is 24.3. The molecule has 1 heterocycles. The lowest BCUT2D eigenvalue weighted by Crippen LogP contribution is -2.53. The summed E-state index contributed by atoms with van der Waals surface area (Å²) in [5.41, 5.74) is 0.175. The third-order valence-electron chi connectivity index (χ3n) is 4.54. The van der Waals surface area contributed by atoms with Crippen LogP contribution in [0.4, 0.5) is 0 Å². The van der Waals surface area contributed by atoms with Crippen LogP contribution in [-0.2, 0) is 4.79 Å². The number of carbonyl (C=O) groups excluding carboxylic acids is 1. The highest BCUT2D eigenvalue weighted by Gasteiger charge is 2.44. The number of hydrogen-bond acceptors (Lipinski definition) is 2. The van der Waals surface area contributed by atoms with Gasteiger partial charge in [-0.15, -0.1) is 0 Å². The van der Waals surface area contributed by atoms with Gasteiger partial charge in [0, 0.05) is 31.6 Å². The first-order valence-corrected chi connectivity index (χ1v) is 7.93. The van der Waals surface area contributed by atoms with E-state index in [0.717, 1.165) is 45.4 Å². The van der Waals surface area contributed by atoms with Gasteiger partial charge in [0.2, 0.25) is 5.91 Å². The summed E-state index contributed by atoms with van der Waals surface area (Å²) in [7, 11) is 0. The summed E-state index contributed by atoms with van der Waals surface area (Å²) in [4.78, 5) is 15.2. The van der Waals surface area contributed by atoms with Crippen LogP contribution in [-0.4, -0.2) is 37.0 Å². The van der Waals surface area contributed by atoms with Crippen molar-refractivity contribution in [2.45, 2.75) is 59.3 Å². The molecule has 110 valence electrons. The Morgan fingerprint density at radius 2 is 1.68 bits per heavy atom. The van der Waals surface area contributed by atoms with Crippen LogP contribution in [0.2, 0.25) is 0 Å². The first-order chi connectivity index (χ1) is 8.93. The Balaban J connectivity index is 2.13. The molecule has 0 aromatic heterocycles. The van der Waals surface area contributed by atoms with Crippen molar-refractivity contribution < 1.29 is 4.79 Å². The van der Waals surface area contributed by atoms with Crippen molar-refractivity contribution in [3.8, 4) is 0 Å². The fourth-order valence-corrected chi connectivity index (χ4v) is 3.91. The number of hydrogen-bond donors (Lipinski definition) is 1. The van der Waals surface area contributed by atoms with Gasteiger partial charge in [-0.05, 0) is 24.7 Å². The molecular weight excluding hydrogens is 236 g/mol. The summed E-state index contributed by atoms with van der Waals surface area (Å²) in [6, 6.07) is 0. The van der Waals surface area contributed by atoms with Gasteiger partial charge in [-0.1, -0.05) is 40.0 Å². The lowest BCUT2D eigenvalue weighted by molar-refractivity contribution is -0.147. The molecule has 0 unspecified atom stereocenters. The van der Waals surface area contributed by atoms with Gasteiger partial charge >= 0.3 is 0 Å². The number of piperazine rings is 1. The van der Waals surface area contributed by atoms with Gasteiger partial charge in [0.1, 0.15) is 0 Å². The van der Waals surface area contributed by atoms with Gasteiger partial charge in [0.15, 0.2) is 0 Å². The Morgan fingerprint density at radius 1 is 1.11 bits per heavy atom. The Labute approximate surface area is 118 Å². The molecule has 0 aromatic rings. The zero-order valence-electron chi connectivity index (χ0n) is 12.9. The lowest BCUT2D eigenvalue weighted by atomic mass is 9.65. The van der Waals surface area contributed by atoms with Crippen molar-refractivity contribution in [2.24, 2.45) is 10.8 Å². The van der Waals surface area contributed by atoms with E-state index in [9.17, 15) is 4.79 Å². The average molecular weight is 266 g/mol. The van der Waals surface area contributed by atoms with Gasteiger partial charge in [0.25, 0.3) is 0 Å². The van der Waals surface area contributed by atoms with Crippen LogP contribution < -0.4 is 5.32 Å². The fraction of sp³-hybridized carbons (Fsp3) is 0.938. The Hall–Kier alpha value is -0.570. The molecular formula is C16H30N2O. The molecule has 0 aromatic carbocycles. The van der Waals surface area contributed by atoms with E-state index in [0.29, 0.717) is 5.91 Å². The summed E-state index contributed by atoms with van der Waals surface area (Å²) in [5, 5.41) is 3.34. The maximum atomic E-state index is 13.1. The van der Waals surface area contributed by atoms with E-state index in [-0.39, 0.29) is 10.8 Å². The minimum Gasteiger partial charge on any atom is -0.340 e. The van der Waals surface area contributed by atoms with E-state index in [1.54, 1.807) is 0 Å². The summed E-state index contributed by atoms with van der Waals surface area (Å²) in [6.07, 6.45) is 7.02. The van der Waals surface area contributed by atoms with Gasteiger partial charge in [-0.3, -0.25) is 4.79 Å². The highest BCUT2D eigenvalue weighted by molar-refractivity contribution is 5.83. The molecule has 2 aliphatic rings. The zero-order valence-corrected chi connectivity index (χ0v) is 12.9. The molecule has 0 radical (unpaired) electrons. The molecule has 2 rings (SSSR count). The summed E-state index contributed by atoms with van der Waals surface area (Å²) >= 11 is 0. The molecule has 0 spiro atoms. The van der Waals surface area contributed by atoms with E-state index in [4.69, 9.17) is 0 Å². The third-order valence-corrected chi connectivity index (χ3v) is 4.54. The maximum absolute atomic E-state index is 13.1. The summed E-state index contributed by atoms with van der Waals surface area (Å²) in [6.45, 7) is 10.5. The predicted octanol–water partition coefficient (Wildman–Crippen LogP) is 2.80. The molecule has 1 N–H and O–H groups in total. The van der Waals surface area contributed by atoms with Crippen LogP contribution in [0.3, 0.4) is 0 Å². The van der Waals surface area contributed by atoms with Crippen LogP contribution >= 0.6 is 0 Å². The minimum absolute atomic E-state index is 0.0617. The highest BCUT2D eigenvalue weighted by Crippen LogP contribution is 2.46. The maximum Gasteiger partial charge on any atom is 0.228 e. The number of amides is 1. The molecule has 2 fully saturated rings. The zero-order chi connectivity index (χ0) is 13.9. The summed E-state index contributed by atoms with van der Waals surface area (Å²) in [5.74, 6) is 0.448. The molecule has 19 heavy (non-hydrogen) atoms. The largest absolute Gasteiger partial charge is 0.340 e. The molecule has 3 heteroatoms. The van der Waals surface area contributed by atoms with Crippen molar-refractivity contribution in [1.29, 1.82) is 0 Å². The van der Waals surface area contributed by atoms with E-state index in [1.807, 2.05) is 0 Å². The Kier molecular flexibility index (Phi) is 4.54. The second-order valence-corrected chi connectivity index (χ2v) is 7.62. The quantitative estimate of drug-likeness (QED) is 0.833. The van der Waals surface area contributed by atoms with Crippen molar-refractivity contribution in [3.63, 3.8) is 0 Å². The molecule has 1 amide bonds. The van der Waals surface area contributed by atoms with Crippen molar-refractivity contribution >= 4 is 5.91 Å². The van der Waals surface area contributed by atoms with E-state index >= 15 is 0 Å². The molecule has 1 aliphatic carbocycles. The van der Waals surface area contributed by atoms with Crippen molar-refractivity contribution in [1.82, 2.24) is 10.2 Å². The van der Waals surface area contributed by atoms with Crippen LogP contribution in [0, 0.1) is 10.8 Å². The fourth-order valence-electron chi connectivity index (χ4n) is 3.91. The van der Waals surface area contributed by atoms with Crippen LogP contribution in [0.25, 0.3) is 0 Å². The molecule has 3 nitrogen and oxygen atoms in total. The topological polar surface area (TPSA) is 32.3 Å². The van der Waals surface area contributed by atoms with E-state index < -0.39 is 0 Å². The molecule has 1 aliphatic heterocycles. The van der Waals surface area contributed by atoms with Gasteiger partial charge in [-0.2, -0.15) is 0 Å². The monoisotopic (exact) mass is 266 g/mol. The summed E-state index contributed by atoms with van der Waals surface area (Å²) < 4.78 is 0. The first kappa shape index (κ1) is 14.8. The second-order valence-electron chi connectivity index (χ2n) is 7.62. The van der Waals surface area contributed by atoms with Crippen molar-refractivity contribution in [3.05, 3.63) is 0 Å².